The third-order valence-electron chi connectivity index (χ3n) is 2.62. The summed E-state index contributed by atoms with van der Waals surface area (Å²) in [6, 6.07) is -0.0223. The number of hydrogen-bond donors (Lipinski definition) is 2. The summed E-state index contributed by atoms with van der Waals surface area (Å²) in [5, 5.41) is 5.83. The molecule has 96 valence electrons. The topological polar surface area (TPSA) is 41.1 Å². The molecule has 0 unspecified atom stereocenters. The van der Waals surface area contributed by atoms with Crippen LogP contribution in [0.15, 0.2) is 0 Å². The van der Waals surface area contributed by atoms with Gasteiger partial charge in [-0.25, -0.2) is 4.79 Å². The Morgan fingerprint density at radius 3 is 1.94 bits per heavy atom. The first-order valence-corrected chi connectivity index (χ1v) is 6.61. The molecule has 0 heterocycles. The molecule has 0 aliphatic heterocycles. The number of amides is 2. The predicted molar refractivity (Wildman–Crippen MR) is 69.5 cm³/mol. The smallest absolute Gasteiger partial charge is 0.314 e. The molecule has 0 aliphatic carbocycles. The van der Waals surface area contributed by atoms with Gasteiger partial charge in [0.2, 0.25) is 0 Å². The van der Waals surface area contributed by atoms with E-state index in [1.54, 1.807) is 0 Å². The first kappa shape index (κ1) is 15.3. The van der Waals surface area contributed by atoms with Gasteiger partial charge in [-0.1, -0.05) is 40.5 Å². The van der Waals surface area contributed by atoms with Gasteiger partial charge in [0, 0.05) is 13.1 Å². The van der Waals surface area contributed by atoms with Gasteiger partial charge in [-0.05, 0) is 24.7 Å². The second kappa shape index (κ2) is 9.49. The zero-order chi connectivity index (χ0) is 12.4. The van der Waals surface area contributed by atoms with Crippen LogP contribution in [-0.4, -0.2) is 19.1 Å². The van der Waals surface area contributed by atoms with Crippen LogP contribution in [0.5, 0.6) is 0 Å². The van der Waals surface area contributed by atoms with Gasteiger partial charge >= 0.3 is 6.03 Å². The van der Waals surface area contributed by atoms with Crippen molar-refractivity contribution in [3.63, 3.8) is 0 Å². The van der Waals surface area contributed by atoms with E-state index in [0.29, 0.717) is 11.8 Å². The van der Waals surface area contributed by atoms with Crippen LogP contribution in [0.2, 0.25) is 0 Å². The SMILES string of the molecule is CCCC(CCC)CNC(=O)NCC(C)C. The lowest BCUT2D eigenvalue weighted by atomic mass is 9.98. The summed E-state index contributed by atoms with van der Waals surface area (Å²) < 4.78 is 0. The number of urea groups is 1. The largest absolute Gasteiger partial charge is 0.338 e. The lowest BCUT2D eigenvalue weighted by molar-refractivity contribution is 0.236. The zero-order valence-electron chi connectivity index (χ0n) is 11.3. The monoisotopic (exact) mass is 228 g/mol. The normalized spacial score (nSPS) is 10.9. The number of carbonyl (C=O) groups is 1. The maximum Gasteiger partial charge on any atom is 0.314 e. The molecule has 2 N–H and O–H groups in total. The molecular formula is C13H28N2O. The van der Waals surface area contributed by atoms with Gasteiger partial charge in [-0.15, -0.1) is 0 Å². The molecule has 0 atom stereocenters. The van der Waals surface area contributed by atoms with Crippen LogP contribution in [0.25, 0.3) is 0 Å². The molecule has 0 rings (SSSR count). The molecule has 0 spiro atoms. The van der Waals surface area contributed by atoms with Crippen molar-refractivity contribution in [2.24, 2.45) is 11.8 Å². The molecule has 0 aliphatic rings. The van der Waals surface area contributed by atoms with Gasteiger partial charge in [-0.2, -0.15) is 0 Å². The van der Waals surface area contributed by atoms with E-state index >= 15 is 0 Å². The minimum Gasteiger partial charge on any atom is -0.338 e. The fraction of sp³-hybridized carbons (Fsp3) is 0.923. The Morgan fingerprint density at radius 1 is 1.00 bits per heavy atom. The van der Waals surface area contributed by atoms with E-state index in [-0.39, 0.29) is 6.03 Å². The summed E-state index contributed by atoms with van der Waals surface area (Å²) in [7, 11) is 0. The van der Waals surface area contributed by atoms with Crippen LogP contribution in [0.1, 0.15) is 53.4 Å². The average molecular weight is 228 g/mol. The summed E-state index contributed by atoms with van der Waals surface area (Å²) in [6.07, 6.45) is 4.80. The van der Waals surface area contributed by atoms with E-state index in [9.17, 15) is 4.79 Å². The van der Waals surface area contributed by atoms with Crippen molar-refractivity contribution in [3.05, 3.63) is 0 Å². The number of carbonyl (C=O) groups excluding carboxylic acids is 1. The minimum absolute atomic E-state index is 0.0223. The van der Waals surface area contributed by atoms with Gasteiger partial charge in [0.15, 0.2) is 0 Å². The summed E-state index contributed by atoms with van der Waals surface area (Å²) in [6.45, 7) is 10.1. The maximum atomic E-state index is 11.4. The highest BCUT2D eigenvalue weighted by atomic mass is 16.2. The molecule has 3 heteroatoms. The van der Waals surface area contributed by atoms with Crippen molar-refractivity contribution in [2.75, 3.05) is 13.1 Å². The van der Waals surface area contributed by atoms with Crippen molar-refractivity contribution in [1.82, 2.24) is 10.6 Å². The second-order valence-electron chi connectivity index (χ2n) is 4.93. The molecule has 0 aromatic carbocycles. The van der Waals surface area contributed by atoms with Crippen LogP contribution in [-0.2, 0) is 0 Å². The van der Waals surface area contributed by atoms with Crippen LogP contribution in [0, 0.1) is 11.8 Å². The fourth-order valence-electron chi connectivity index (χ4n) is 1.76. The van der Waals surface area contributed by atoms with Crippen LogP contribution in [0.4, 0.5) is 4.79 Å². The Bertz CT molecular complexity index is 175. The Balaban J connectivity index is 3.68. The summed E-state index contributed by atoms with van der Waals surface area (Å²) in [5.41, 5.74) is 0. The Kier molecular flexibility index (Phi) is 9.06. The van der Waals surface area contributed by atoms with Crippen molar-refractivity contribution in [2.45, 2.75) is 53.4 Å². The first-order chi connectivity index (χ1) is 7.60. The van der Waals surface area contributed by atoms with Crippen LogP contribution < -0.4 is 10.6 Å². The van der Waals surface area contributed by atoms with Crippen molar-refractivity contribution in [3.8, 4) is 0 Å². The Hall–Kier alpha value is -0.730. The van der Waals surface area contributed by atoms with E-state index in [1.807, 2.05) is 0 Å². The van der Waals surface area contributed by atoms with Crippen LogP contribution in [0.3, 0.4) is 0 Å². The van der Waals surface area contributed by atoms with Gasteiger partial charge in [0.25, 0.3) is 0 Å². The average Bonchev–Trinajstić information content (AvgIpc) is 2.23. The predicted octanol–water partition coefficient (Wildman–Crippen LogP) is 3.16. The number of hydrogen-bond acceptors (Lipinski definition) is 1. The molecule has 0 fully saturated rings. The summed E-state index contributed by atoms with van der Waals surface area (Å²) in [4.78, 5) is 11.4. The molecule has 16 heavy (non-hydrogen) atoms. The highest BCUT2D eigenvalue weighted by Gasteiger charge is 2.08. The minimum atomic E-state index is -0.0223. The lowest BCUT2D eigenvalue weighted by Gasteiger charge is -2.16. The molecule has 0 aromatic heterocycles. The van der Waals surface area contributed by atoms with E-state index in [2.05, 4.69) is 38.3 Å². The highest BCUT2D eigenvalue weighted by Crippen LogP contribution is 2.11. The third-order valence-corrected chi connectivity index (χ3v) is 2.62. The third kappa shape index (κ3) is 8.57. The molecule has 2 amide bonds. The standard InChI is InChI=1S/C13H28N2O/c1-5-7-12(8-6-2)10-15-13(16)14-9-11(3)4/h11-12H,5-10H2,1-4H3,(H2,14,15,16). The van der Waals surface area contributed by atoms with E-state index < -0.39 is 0 Å². The Labute approximate surface area is 100 Å². The van der Waals surface area contributed by atoms with E-state index in [0.717, 1.165) is 13.1 Å². The molecular weight excluding hydrogens is 200 g/mol. The Morgan fingerprint density at radius 2 is 1.50 bits per heavy atom. The highest BCUT2D eigenvalue weighted by molar-refractivity contribution is 5.73. The number of nitrogens with one attached hydrogen (secondary N) is 2. The van der Waals surface area contributed by atoms with Gasteiger partial charge < -0.3 is 10.6 Å². The van der Waals surface area contributed by atoms with Crippen molar-refractivity contribution >= 4 is 6.03 Å². The van der Waals surface area contributed by atoms with E-state index in [1.165, 1.54) is 25.7 Å². The first-order valence-electron chi connectivity index (χ1n) is 6.61. The summed E-state index contributed by atoms with van der Waals surface area (Å²) in [5.74, 6) is 1.15. The quantitative estimate of drug-likeness (QED) is 0.658. The molecule has 0 saturated heterocycles. The van der Waals surface area contributed by atoms with Gasteiger partial charge in [0.1, 0.15) is 0 Å². The fourth-order valence-corrected chi connectivity index (χ4v) is 1.76. The molecule has 0 aromatic rings. The zero-order valence-corrected chi connectivity index (χ0v) is 11.3. The van der Waals surface area contributed by atoms with Crippen molar-refractivity contribution < 1.29 is 4.79 Å². The second-order valence-corrected chi connectivity index (χ2v) is 4.93. The van der Waals surface area contributed by atoms with Gasteiger partial charge in [-0.3, -0.25) is 0 Å². The van der Waals surface area contributed by atoms with E-state index in [4.69, 9.17) is 0 Å². The molecule has 0 radical (unpaired) electrons. The van der Waals surface area contributed by atoms with Crippen molar-refractivity contribution in [1.29, 1.82) is 0 Å². The summed E-state index contributed by atoms with van der Waals surface area (Å²) >= 11 is 0. The molecule has 0 bridgehead atoms. The molecule has 0 saturated carbocycles. The number of rotatable bonds is 8. The van der Waals surface area contributed by atoms with Gasteiger partial charge in [0.05, 0.1) is 0 Å². The van der Waals surface area contributed by atoms with Crippen LogP contribution >= 0.6 is 0 Å². The maximum absolute atomic E-state index is 11.4. The molecule has 3 nitrogen and oxygen atoms in total. The lowest BCUT2D eigenvalue weighted by Crippen LogP contribution is -2.39.